The second kappa shape index (κ2) is 7.77. The van der Waals surface area contributed by atoms with E-state index in [1.165, 1.54) is 44.2 Å². The van der Waals surface area contributed by atoms with Crippen LogP contribution in [0.1, 0.15) is 49.4 Å². The molecule has 0 amide bonds. The lowest BCUT2D eigenvalue weighted by atomic mass is 9.89. The highest BCUT2D eigenvalue weighted by Crippen LogP contribution is 2.33. The number of allylic oxidation sites excluding steroid dienone is 1. The number of thioether (sulfide) groups is 1. The summed E-state index contributed by atoms with van der Waals surface area (Å²) in [6.07, 6.45) is 8.21. The van der Waals surface area contributed by atoms with Crippen LogP contribution in [0.25, 0.3) is 0 Å². The van der Waals surface area contributed by atoms with E-state index < -0.39 is 0 Å². The first-order valence-electron chi connectivity index (χ1n) is 8.19. The van der Waals surface area contributed by atoms with Crippen LogP contribution in [0.3, 0.4) is 0 Å². The van der Waals surface area contributed by atoms with E-state index >= 15 is 0 Å². The highest BCUT2D eigenvalue weighted by molar-refractivity contribution is 7.98. The van der Waals surface area contributed by atoms with Crippen LogP contribution in [-0.4, -0.2) is 14.8 Å². The minimum atomic E-state index is -0.201. The van der Waals surface area contributed by atoms with Crippen LogP contribution >= 0.6 is 11.8 Å². The fourth-order valence-electron chi connectivity index (χ4n) is 3.10. The van der Waals surface area contributed by atoms with Crippen LogP contribution < -0.4 is 0 Å². The molecule has 0 N–H and O–H groups in total. The van der Waals surface area contributed by atoms with Gasteiger partial charge in [0, 0.05) is 18.2 Å². The first-order chi connectivity index (χ1) is 11.3. The number of hydrogen-bond acceptors (Lipinski definition) is 3. The van der Waals surface area contributed by atoms with Crippen molar-refractivity contribution in [3.05, 3.63) is 54.1 Å². The van der Waals surface area contributed by atoms with E-state index in [4.69, 9.17) is 0 Å². The molecule has 1 aliphatic carbocycles. The third-order valence-corrected chi connectivity index (χ3v) is 5.35. The van der Waals surface area contributed by atoms with Gasteiger partial charge in [0.1, 0.15) is 11.6 Å². The first-order valence-corrected chi connectivity index (χ1v) is 9.17. The van der Waals surface area contributed by atoms with Gasteiger partial charge in [-0.1, -0.05) is 49.2 Å². The van der Waals surface area contributed by atoms with Crippen molar-refractivity contribution < 1.29 is 4.39 Å². The maximum Gasteiger partial charge on any atom is 0.191 e. The average Bonchev–Trinajstić information content (AvgIpc) is 2.98. The number of nitrogens with zero attached hydrogens (tertiary/aromatic N) is 3. The Bertz CT molecular complexity index is 645. The zero-order valence-corrected chi connectivity index (χ0v) is 14.1. The first kappa shape index (κ1) is 16.2. The van der Waals surface area contributed by atoms with Crippen molar-refractivity contribution in [2.24, 2.45) is 0 Å². The highest BCUT2D eigenvalue weighted by atomic mass is 32.2. The maximum atomic E-state index is 13.0. The summed E-state index contributed by atoms with van der Waals surface area (Å²) in [5.41, 5.74) is 1.09. The minimum Gasteiger partial charge on any atom is -0.302 e. The Balaban J connectivity index is 1.74. The predicted octanol–water partition coefficient (Wildman–Crippen LogP) is 4.94. The van der Waals surface area contributed by atoms with Gasteiger partial charge in [-0.2, -0.15) is 0 Å². The van der Waals surface area contributed by atoms with Gasteiger partial charge in [-0.25, -0.2) is 4.39 Å². The summed E-state index contributed by atoms with van der Waals surface area (Å²) in [6.45, 7) is 4.60. The van der Waals surface area contributed by atoms with Crippen LogP contribution in [0.4, 0.5) is 4.39 Å². The molecule has 0 bridgehead atoms. The van der Waals surface area contributed by atoms with Gasteiger partial charge >= 0.3 is 0 Å². The maximum absolute atomic E-state index is 13.0. The van der Waals surface area contributed by atoms with Gasteiger partial charge in [0.25, 0.3) is 0 Å². The molecule has 1 fully saturated rings. The van der Waals surface area contributed by atoms with E-state index in [9.17, 15) is 4.39 Å². The van der Waals surface area contributed by atoms with Crippen molar-refractivity contribution in [3.63, 3.8) is 0 Å². The summed E-state index contributed by atoms with van der Waals surface area (Å²) in [5.74, 6) is 2.19. The third-order valence-electron chi connectivity index (χ3n) is 4.31. The lowest BCUT2D eigenvalue weighted by molar-refractivity contribution is 0.415. The molecule has 1 heterocycles. The van der Waals surface area contributed by atoms with E-state index in [1.54, 1.807) is 11.8 Å². The largest absolute Gasteiger partial charge is 0.302 e. The van der Waals surface area contributed by atoms with Crippen molar-refractivity contribution >= 4 is 11.8 Å². The molecule has 2 aromatic rings. The van der Waals surface area contributed by atoms with Gasteiger partial charge in [-0.05, 0) is 30.5 Å². The lowest BCUT2D eigenvalue weighted by Crippen LogP contribution is -2.12. The van der Waals surface area contributed by atoms with Crippen LogP contribution in [-0.2, 0) is 12.3 Å². The molecule has 5 heteroatoms. The molecule has 1 aliphatic rings. The summed E-state index contributed by atoms with van der Waals surface area (Å²) < 4.78 is 15.2. The van der Waals surface area contributed by atoms with E-state index in [2.05, 4.69) is 21.3 Å². The summed E-state index contributed by atoms with van der Waals surface area (Å²) in [5, 5.41) is 9.79. The second-order valence-electron chi connectivity index (χ2n) is 5.99. The molecule has 3 rings (SSSR count). The SMILES string of the molecule is C=CCn1c(SCc2ccc(F)cc2)nnc1C1CCCCC1. The van der Waals surface area contributed by atoms with Crippen molar-refractivity contribution in [1.82, 2.24) is 14.8 Å². The molecule has 0 saturated heterocycles. The Morgan fingerprint density at radius 3 is 2.61 bits per heavy atom. The van der Waals surface area contributed by atoms with E-state index in [1.807, 2.05) is 18.2 Å². The fraction of sp³-hybridized carbons (Fsp3) is 0.444. The monoisotopic (exact) mass is 331 g/mol. The molecule has 1 aromatic carbocycles. The summed E-state index contributed by atoms with van der Waals surface area (Å²) >= 11 is 1.65. The fourth-order valence-corrected chi connectivity index (χ4v) is 4.01. The number of halogens is 1. The predicted molar refractivity (Wildman–Crippen MR) is 92.0 cm³/mol. The van der Waals surface area contributed by atoms with Crippen molar-refractivity contribution in [2.45, 2.75) is 55.5 Å². The molecule has 23 heavy (non-hydrogen) atoms. The standard InChI is InChI=1S/C18H22FN3S/c1-2-12-22-17(15-6-4-3-5-7-15)20-21-18(22)23-13-14-8-10-16(19)11-9-14/h2,8-11,15H,1,3-7,12-13H2. The topological polar surface area (TPSA) is 30.7 Å². The van der Waals surface area contributed by atoms with Crippen molar-refractivity contribution in [2.75, 3.05) is 0 Å². The number of aromatic nitrogens is 3. The van der Waals surface area contributed by atoms with Gasteiger partial charge in [-0.15, -0.1) is 16.8 Å². The minimum absolute atomic E-state index is 0.201. The molecule has 1 aromatic heterocycles. The average molecular weight is 331 g/mol. The van der Waals surface area contributed by atoms with Gasteiger partial charge in [-0.3, -0.25) is 0 Å². The Labute approximate surface area is 141 Å². The summed E-state index contributed by atoms with van der Waals surface area (Å²) in [6, 6.07) is 6.63. The molecule has 0 radical (unpaired) electrons. The molecule has 0 aliphatic heterocycles. The van der Waals surface area contributed by atoms with Gasteiger partial charge in [0.2, 0.25) is 0 Å². The summed E-state index contributed by atoms with van der Waals surface area (Å²) in [7, 11) is 0. The summed E-state index contributed by atoms with van der Waals surface area (Å²) in [4.78, 5) is 0. The quantitative estimate of drug-likeness (QED) is 0.555. The molecule has 3 nitrogen and oxygen atoms in total. The zero-order valence-electron chi connectivity index (χ0n) is 13.2. The number of benzene rings is 1. The smallest absolute Gasteiger partial charge is 0.191 e. The van der Waals surface area contributed by atoms with Crippen molar-refractivity contribution in [3.8, 4) is 0 Å². The normalized spacial score (nSPS) is 15.7. The number of hydrogen-bond donors (Lipinski definition) is 0. The van der Waals surface area contributed by atoms with E-state index in [0.717, 1.165) is 28.8 Å². The molecule has 0 atom stereocenters. The Hall–Kier alpha value is -1.62. The Kier molecular flexibility index (Phi) is 5.49. The number of rotatable bonds is 6. The molecule has 0 spiro atoms. The highest BCUT2D eigenvalue weighted by Gasteiger charge is 2.22. The van der Waals surface area contributed by atoms with Crippen LogP contribution in [0.2, 0.25) is 0 Å². The van der Waals surface area contributed by atoms with Gasteiger partial charge in [0.05, 0.1) is 0 Å². The Morgan fingerprint density at radius 2 is 1.91 bits per heavy atom. The van der Waals surface area contributed by atoms with Crippen molar-refractivity contribution in [1.29, 1.82) is 0 Å². The van der Waals surface area contributed by atoms with Crippen LogP contribution in [0.15, 0.2) is 42.1 Å². The third kappa shape index (κ3) is 4.02. The van der Waals surface area contributed by atoms with Gasteiger partial charge < -0.3 is 4.57 Å². The van der Waals surface area contributed by atoms with E-state index in [-0.39, 0.29) is 5.82 Å². The lowest BCUT2D eigenvalue weighted by Gasteiger charge is -2.21. The molecule has 122 valence electrons. The second-order valence-corrected chi connectivity index (χ2v) is 6.93. The van der Waals surface area contributed by atoms with Crippen LogP contribution in [0, 0.1) is 5.82 Å². The molecule has 1 saturated carbocycles. The zero-order chi connectivity index (χ0) is 16.1. The van der Waals surface area contributed by atoms with E-state index in [0.29, 0.717) is 5.92 Å². The molecular weight excluding hydrogens is 309 g/mol. The van der Waals surface area contributed by atoms with Crippen LogP contribution in [0.5, 0.6) is 0 Å². The molecular formula is C18H22FN3S. The Morgan fingerprint density at radius 1 is 1.17 bits per heavy atom. The van der Waals surface area contributed by atoms with Gasteiger partial charge in [0.15, 0.2) is 5.16 Å². The molecule has 0 unspecified atom stereocenters.